The van der Waals surface area contributed by atoms with Crippen LogP contribution in [-0.2, 0) is 6.42 Å². The summed E-state index contributed by atoms with van der Waals surface area (Å²) in [4.78, 5) is 2.34. The summed E-state index contributed by atoms with van der Waals surface area (Å²) in [6.07, 6.45) is 3.30. The first-order valence-electron chi connectivity index (χ1n) is 7.41. The number of fused-ring (bicyclic) bond motifs is 1. The summed E-state index contributed by atoms with van der Waals surface area (Å²) in [6.45, 7) is 6.64. The molecule has 1 unspecified atom stereocenters. The second kappa shape index (κ2) is 6.92. The maximum absolute atomic E-state index is 10.2. The molecule has 0 fully saturated rings. The van der Waals surface area contributed by atoms with Crippen molar-refractivity contribution in [3.05, 3.63) is 29.8 Å². The Balaban J connectivity index is 1.99. The van der Waals surface area contributed by atoms with E-state index in [9.17, 15) is 5.11 Å². The van der Waals surface area contributed by atoms with Gasteiger partial charge in [0.2, 0.25) is 0 Å². The Kier molecular flexibility index (Phi) is 5.23. The number of para-hydroxylation sites is 1. The quantitative estimate of drug-likeness (QED) is 0.854. The van der Waals surface area contributed by atoms with Crippen molar-refractivity contribution < 1.29 is 5.11 Å². The van der Waals surface area contributed by atoms with Gasteiger partial charge < -0.3 is 15.3 Å². The van der Waals surface area contributed by atoms with Crippen molar-refractivity contribution >= 4 is 5.69 Å². The number of aryl methyl sites for hydroxylation is 1. The summed E-state index contributed by atoms with van der Waals surface area (Å²) < 4.78 is 0. The first kappa shape index (κ1) is 14.4. The number of aliphatic hydroxyl groups is 1. The minimum Gasteiger partial charge on any atom is -0.390 e. The topological polar surface area (TPSA) is 35.5 Å². The Morgan fingerprint density at radius 3 is 2.84 bits per heavy atom. The Morgan fingerprint density at radius 2 is 2.05 bits per heavy atom. The van der Waals surface area contributed by atoms with Crippen LogP contribution in [0.25, 0.3) is 0 Å². The third-order valence-electron chi connectivity index (χ3n) is 3.65. The number of nitrogens with zero attached hydrogens (tertiary/aromatic N) is 1. The van der Waals surface area contributed by atoms with Crippen molar-refractivity contribution in [1.29, 1.82) is 0 Å². The molecule has 1 atom stereocenters. The molecule has 0 amide bonds. The van der Waals surface area contributed by atoms with Crippen molar-refractivity contribution in [3.63, 3.8) is 0 Å². The van der Waals surface area contributed by atoms with Gasteiger partial charge in [-0.15, -0.1) is 0 Å². The summed E-state index contributed by atoms with van der Waals surface area (Å²) in [5, 5.41) is 13.5. The SMILES string of the molecule is CC(C)NCC(O)CN1CCCCc2ccccc21. The van der Waals surface area contributed by atoms with E-state index in [1.165, 1.54) is 24.1 Å². The van der Waals surface area contributed by atoms with Crippen LogP contribution in [0.2, 0.25) is 0 Å². The van der Waals surface area contributed by atoms with E-state index < -0.39 is 0 Å². The molecule has 0 saturated carbocycles. The monoisotopic (exact) mass is 262 g/mol. The van der Waals surface area contributed by atoms with Gasteiger partial charge in [0.05, 0.1) is 6.10 Å². The van der Waals surface area contributed by atoms with Crippen LogP contribution in [0.3, 0.4) is 0 Å². The molecule has 0 saturated heterocycles. The van der Waals surface area contributed by atoms with Crippen LogP contribution in [0.5, 0.6) is 0 Å². The molecule has 1 aromatic carbocycles. The van der Waals surface area contributed by atoms with E-state index in [0.717, 1.165) is 19.5 Å². The Labute approximate surface area is 116 Å². The smallest absolute Gasteiger partial charge is 0.0839 e. The highest BCUT2D eigenvalue weighted by Crippen LogP contribution is 2.25. The maximum atomic E-state index is 10.2. The van der Waals surface area contributed by atoms with Gasteiger partial charge in [0.15, 0.2) is 0 Å². The maximum Gasteiger partial charge on any atom is 0.0839 e. The van der Waals surface area contributed by atoms with Crippen molar-refractivity contribution in [2.24, 2.45) is 0 Å². The average Bonchev–Trinajstić information content (AvgIpc) is 2.59. The molecule has 1 heterocycles. The van der Waals surface area contributed by atoms with E-state index >= 15 is 0 Å². The fourth-order valence-electron chi connectivity index (χ4n) is 2.65. The van der Waals surface area contributed by atoms with E-state index in [2.05, 4.69) is 48.3 Å². The van der Waals surface area contributed by atoms with Gasteiger partial charge >= 0.3 is 0 Å². The lowest BCUT2D eigenvalue weighted by molar-refractivity contribution is 0.173. The van der Waals surface area contributed by atoms with Gasteiger partial charge in [-0.2, -0.15) is 0 Å². The van der Waals surface area contributed by atoms with Gasteiger partial charge in [-0.05, 0) is 30.9 Å². The van der Waals surface area contributed by atoms with E-state index in [1.54, 1.807) is 0 Å². The van der Waals surface area contributed by atoms with E-state index in [-0.39, 0.29) is 6.10 Å². The largest absolute Gasteiger partial charge is 0.390 e. The Morgan fingerprint density at radius 1 is 1.26 bits per heavy atom. The van der Waals surface area contributed by atoms with Gasteiger partial charge in [0.1, 0.15) is 0 Å². The van der Waals surface area contributed by atoms with Crippen molar-refractivity contribution in [1.82, 2.24) is 5.32 Å². The Hall–Kier alpha value is -1.06. The lowest BCUT2D eigenvalue weighted by Gasteiger charge is -2.28. The zero-order valence-electron chi connectivity index (χ0n) is 12.1. The Bertz CT molecular complexity index is 392. The molecule has 106 valence electrons. The van der Waals surface area contributed by atoms with E-state index in [4.69, 9.17) is 0 Å². The van der Waals surface area contributed by atoms with Gasteiger partial charge in [-0.1, -0.05) is 32.0 Å². The van der Waals surface area contributed by atoms with Gasteiger partial charge in [0, 0.05) is 31.4 Å². The van der Waals surface area contributed by atoms with Crippen LogP contribution < -0.4 is 10.2 Å². The molecule has 2 N–H and O–H groups in total. The number of aliphatic hydroxyl groups excluding tert-OH is 1. The van der Waals surface area contributed by atoms with E-state index in [0.29, 0.717) is 12.6 Å². The van der Waals surface area contributed by atoms with Crippen molar-refractivity contribution in [2.75, 3.05) is 24.5 Å². The summed E-state index contributed by atoms with van der Waals surface area (Å²) >= 11 is 0. The molecular formula is C16H26N2O. The fourth-order valence-corrected chi connectivity index (χ4v) is 2.65. The van der Waals surface area contributed by atoms with Crippen molar-refractivity contribution in [3.8, 4) is 0 Å². The number of β-amino-alcohol motifs (C(OH)–C–C–N with tert-alkyl or cyclic N) is 1. The average molecular weight is 262 g/mol. The number of anilines is 1. The van der Waals surface area contributed by atoms with Crippen LogP contribution in [0.15, 0.2) is 24.3 Å². The van der Waals surface area contributed by atoms with E-state index in [1.807, 2.05) is 0 Å². The molecule has 0 radical (unpaired) electrons. The summed E-state index contributed by atoms with van der Waals surface area (Å²) in [6, 6.07) is 9.02. The summed E-state index contributed by atoms with van der Waals surface area (Å²) in [5.74, 6) is 0. The molecule has 1 aromatic rings. The molecule has 0 bridgehead atoms. The number of nitrogens with one attached hydrogen (secondary N) is 1. The zero-order chi connectivity index (χ0) is 13.7. The first-order valence-corrected chi connectivity index (χ1v) is 7.41. The molecule has 0 aliphatic carbocycles. The molecule has 0 spiro atoms. The first-order chi connectivity index (χ1) is 9.16. The van der Waals surface area contributed by atoms with Crippen LogP contribution in [-0.4, -0.2) is 36.9 Å². The molecule has 1 aliphatic rings. The molecular weight excluding hydrogens is 236 g/mol. The van der Waals surface area contributed by atoms with Crippen LogP contribution >= 0.6 is 0 Å². The predicted molar refractivity (Wildman–Crippen MR) is 80.7 cm³/mol. The predicted octanol–water partition coefficient (Wildman–Crippen LogP) is 2.19. The molecule has 1 aliphatic heterocycles. The standard InChI is InChI=1S/C16H26N2O/c1-13(2)17-11-15(19)12-18-10-6-5-8-14-7-3-4-9-16(14)18/h3-4,7,9,13,15,17,19H,5-6,8,10-12H2,1-2H3. The second-order valence-corrected chi connectivity index (χ2v) is 5.75. The fraction of sp³-hybridized carbons (Fsp3) is 0.625. The lowest BCUT2D eigenvalue weighted by Crippen LogP contribution is -2.40. The third kappa shape index (κ3) is 4.22. The minimum absolute atomic E-state index is 0.312. The normalized spacial score (nSPS) is 17.2. The van der Waals surface area contributed by atoms with Crippen LogP contribution in [0.1, 0.15) is 32.3 Å². The highest BCUT2D eigenvalue weighted by Gasteiger charge is 2.17. The minimum atomic E-state index is -0.312. The lowest BCUT2D eigenvalue weighted by atomic mass is 10.1. The summed E-state index contributed by atoms with van der Waals surface area (Å²) in [7, 11) is 0. The third-order valence-corrected chi connectivity index (χ3v) is 3.65. The highest BCUT2D eigenvalue weighted by atomic mass is 16.3. The number of hydrogen-bond donors (Lipinski definition) is 2. The molecule has 3 heteroatoms. The summed E-state index contributed by atoms with van der Waals surface area (Å²) in [5.41, 5.74) is 2.73. The van der Waals surface area contributed by atoms with Crippen molar-refractivity contribution in [2.45, 2.75) is 45.3 Å². The van der Waals surface area contributed by atoms with Crippen LogP contribution in [0, 0.1) is 0 Å². The van der Waals surface area contributed by atoms with Gasteiger partial charge in [-0.25, -0.2) is 0 Å². The number of benzene rings is 1. The second-order valence-electron chi connectivity index (χ2n) is 5.75. The zero-order valence-corrected chi connectivity index (χ0v) is 12.1. The number of rotatable bonds is 5. The molecule has 2 rings (SSSR count). The number of hydrogen-bond acceptors (Lipinski definition) is 3. The highest BCUT2D eigenvalue weighted by molar-refractivity contribution is 5.54. The molecule has 19 heavy (non-hydrogen) atoms. The van der Waals surface area contributed by atoms with Gasteiger partial charge in [0.25, 0.3) is 0 Å². The van der Waals surface area contributed by atoms with Crippen LogP contribution in [0.4, 0.5) is 5.69 Å². The molecule has 0 aromatic heterocycles. The molecule has 3 nitrogen and oxygen atoms in total. The van der Waals surface area contributed by atoms with Gasteiger partial charge in [-0.3, -0.25) is 0 Å².